The van der Waals surface area contributed by atoms with Gasteiger partial charge in [0.25, 0.3) is 0 Å². The van der Waals surface area contributed by atoms with E-state index in [9.17, 15) is 0 Å². The van der Waals surface area contributed by atoms with Crippen molar-refractivity contribution in [2.75, 3.05) is 24.8 Å². The molecule has 0 unspecified atom stereocenters. The van der Waals surface area contributed by atoms with Crippen molar-refractivity contribution in [3.63, 3.8) is 0 Å². The highest BCUT2D eigenvalue weighted by Crippen LogP contribution is 2.58. The molecular weight excluding hydrogens is 510 g/mol. The average Bonchev–Trinajstić information content (AvgIpc) is 3.31. The Morgan fingerprint density at radius 2 is 1.34 bits per heavy atom. The molecule has 0 aromatic heterocycles. The van der Waals surface area contributed by atoms with E-state index < -0.39 is 11.6 Å². The summed E-state index contributed by atoms with van der Waals surface area (Å²) in [5.41, 5.74) is 4.57. The third-order valence-electron chi connectivity index (χ3n) is 8.99. The van der Waals surface area contributed by atoms with Crippen LogP contribution in [0.5, 0.6) is 17.2 Å². The third kappa shape index (κ3) is 3.20. The maximum Gasteiger partial charge on any atom is 0.211 e. The second kappa shape index (κ2) is 7.53. The average molecular weight is 542 g/mol. The van der Waals surface area contributed by atoms with Crippen molar-refractivity contribution in [1.82, 2.24) is 0 Å². The minimum Gasteiger partial charge on any atom is -0.472 e. The lowest BCUT2D eigenvalue weighted by atomic mass is 9.77. The molecule has 2 aromatic rings. The van der Waals surface area contributed by atoms with E-state index in [1.165, 1.54) is 5.56 Å². The van der Waals surface area contributed by atoms with Gasteiger partial charge in [0.05, 0.1) is 25.3 Å². The number of hydrogen-bond donors (Lipinski definition) is 0. The van der Waals surface area contributed by atoms with Gasteiger partial charge in [0, 0.05) is 47.0 Å². The first-order valence-corrected chi connectivity index (χ1v) is 13.5. The smallest absolute Gasteiger partial charge is 0.211 e. The highest BCUT2D eigenvalue weighted by molar-refractivity contribution is 9.10. The van der Waals surface area contributed by atoms with E-state index in [0.717, 1.165) is 64.5 Å². The molecule has 0 bridgehead atoms. The molecule has 6 nitrogen and oxygen atoms in total. The molecule has 6 atom stereocenters. The molecule has 7 heteroatoms. The monoisotopic (exact) mass is 541 g/mol. The number of ether oxygens (including phenoxy) is 5. The molecule has 186 valence electrons. The van der Waals surface area contributed by atoms with Crippen molar-refractivity contribution in [2.24, 2.45) is 23.7 Å². The summed E-state index contributed by atoms with van der Waals surface area (Å²) >= 11 is 3.55. The molecule has 5 heterocycles. The highest BCUT2D eigenvalue weighted by atomic mass is 79.9. The summed E-state index contributed by atoms with van der Waals surface area (Å²) in [5, 5.41) is 0. The zero-order valence-electron chi connectivity index (χ0n) is 20.7. The molecule has 5 aliphatic heterocycles. The Morgan fingerprint density at radius 3 is 1.94 bits per heavy atom. The summed E-state index contributed by atoms with van der Waals surface area (Å²) in [4.78, 5) is 2.26. The van der Waals surface area contributed by atoms with Crippen LogP contribution in [-0.2, 0) is 28.9 Å². The SMILES string of the molecule is C[C@H]1CO[C@]2(C)Oc3c(c4c(c5c3C[C@@H]3[C@@H](C)CO[C@]3(C)O5)CN(c3ccc(Br)cc3)CO4)C[C@H]12. The van der Waals surface area contributed by atoms with Gasteiger partial charge in [-0.3, -0.25) is 0 Å². The topological polar surface area (TPSA) is 49.4 Å². The van der Waals surface area contributed by atoms with E-state index >= 15 is 0 Å². The minimum atomic E-state index is -0.631. The van der Waals surface area contributed by atoms with Crippen molar-refractivity contribution in [3.8, 4) is 17.2 Å². The van der Waals surface area contributed by atoms with E-state index in [-0.39, 0.29) is 5.92 Å². The molecule has 35 heavy (non-hydrogen) atoms. The van der Waals surface area contributed by atoms with Crippen LogP contribution >= 0.6 is 15.9 Å². The minimum absolute atomic E-state index is 0.279. The lowest BCUT2D eigenvalue weighted by molar-refractivity contribution is -0.174. The van der Waals surface area contributed by atoms with Crippen LogP contribution in [0.3, 0.4) is 0 Å². The summed E-state index contributed by atoms with van der Waals surface area (Å²) in [6.07, 6.45) is 1.77. The molecule has 5 aliphatic rings. The molecule has 7 rings (SSSR count). The Bertz CT molecular complexity index is 1200. The summed E-state index contributed by atoms with van der Waals surface area (Å²) in [6.45, 7) is 11.3. The quantitative estimate of drug-likeness (QED) is 0.463. The van der Waals surface area contributed by atoms with Gasteiger partial charge in [-0.05, 0) is 48.9 Å². The van der Waals surface area contributed by atoms with Crippen LogP contribution in [0.4, 0.5) is 5.69 Å². The fourth-order valence-electron chi connectivity index (χ4n) is 6.89. The van der Waals surface area contributed by atoms with E-state index in [1.54, 1.807) is 0 Å². The maximum atomic E-state index is 6.79. The predicted octanol–water partition coefficient (Wildman–Crippen LogP) is 5.67. The van der Waals surface area contributed by atoms with Crippen molar-refractivity contribution >= 4 is 21.6 Å². The van der Waals surface area contributed by atoms with Gasteiger partial charge in [0.1, 0.15) is 17.2 Å². The summed E-state index contributed by atoms with van der Waals surface area (Å²) in [7, 11) is 0. The summed E-state index contributed by atoms with van der Waals surface area (Å²) in [6, 6.07) is 8.38. The Kier molecular flexibility index (Phi) is 4.79. The van der Waals surface area contributed by atoms with Crippen LogP contribution in [0.1, 0.15) is 44.4 Å². The van der Waals surface area contributed by atoms with Gasteiger partial charge >= 0.3 is 0 Å². The molecule has 2 fully saturated rings. The van der Waals surface area contributed by atoms with Crippen LogP contribution in [0, 0.1) is 23.7 Å². The van der Waals surface area contributed by atoms with Crippen molar-refractivity contribution in [2.45, 2.75) is 58.7 Å². The first-order valence-electron chi connectivity index (χ1n) is 12.8. The second-order valence-corrected chi connectivity index (χ2v) is 12.2. The van der Waals surface area contributed by atoms with E-state index in [0.29, 0.717) is 31.1 Å². The van der Waals surface area contributed by atoms with Crippen LogP contribution < -0.4 is 19.1 Å². The fraction of sp³-hybridized carbons (Fsp3) is 0.571. The van der Waals surface area contributed by atoms with Crippen molar-refractivity contribution in [1.29, 1.82) is 0 Å². The summed E-state index contributed by atoms with van der Waals surface area (Å²) in [5.74, 6) is 2.93. The molecule has 2 saturated heterocycles. The number of anilines is 1. The second-order valence-electron chi connectivity index (χ2n) is 11.3. The molecule has 0 saturated carbocycles. The lowest BCUT2D eigenvalue weighted by Gasteiger charge is -2.45. The fourth-order valence-corrected chi connectivity index (χ4v) is 7.15. The zero-order valence-corrected chi connectivity index (χ0v) is 22.3. The van der Waals surface area contributed by atoms with Crippen LogP contribution in [0.2, 0.25) is 0 Å². The van der Waals surface area contributed by atoms with E-state index in [1.807, 2.05) is 0 Å². The van der Waals surface area contributed by atoms with Crippen LogP contribution in [0.15, 0.2) is 28.7 Å². The number of halogens is 1. The van der Waals surface area contributed by atoms with Gasteiger partial charge in [-0.15, -0.1) is 0 Å². The molecule has 0 N–H and O–H groups in total. The molecule has 0 radical (unpaired) electrons. The third-order valence-corrected chi connectivity index (χ3v) is 9.52. The van der Waals surface area contributed by atoms with Gasteiger partial charge < -0.3 is 28.6 Å². The lowest BCUT2D eigenvalue weighted by Crippen LogP contribution is -2.48. The largest absolute Gasteiger partial charge is 0.472 e. The van der Waals surface area contributed by atoms with E-state index in [4.69, 9.17) is 23.7 Å². The van der Waals surface area contributed by atoms with Gasteiger partial charge in [0.2, 0.25) is 11.6 Å². The number of hydrogen-bond acceptors (Lipinski definition) is 6. The van der Waals surface area contributed by atoms with Gasteiger partial charge in [-0.1, -0.05) is 29.8 Å². The van der Waals surface area contributed by atoms with Crippen LogP contribution in [0.25, 0.3) is 0 Å². The number of benzene rings is 2. The molecule has 0 amide bonds. The standard InChI is InChI=1S/C28H32BrNO5/c1-15-12-32-27(3)22(15)9-19-24-21(11-30(14-31-24)18-7-5-17(29)6-8-18)26-20(25(19)34-27)10-23-16(2)13-33-28(23,4)35-26/h5-8,15-16,22-23H,9-14H2,1-4H3/t15-,16-,22+,23+,27+,28+/m0/s1. The van der Waals surface area contributed by atoms with Gasteiger partial charge in [-0.2, -0.15) is 0 Å². The Hall–Kier alpha value is -1.96. The Morgan fingerprint density at radius 1 is 0.800 bits per heavy atom. The van der Waals surface area contributed by atoms with Crippen molar-refractivity contribution < 1.29 is 23.7 Å². The number of rotatable bonds is 1. The predicted molar refractivity (Wildman–Crippen MR) is 135 cm³/mol. The van der Waals surface area contributed by atoms with Crippen molar-refractivity contribution in [3.05, 3.63) is 45.4 Å². The van der Waals surface area contributed by atoms with Gasteiger partial charge in [-0.25, -0.2) is 0 Å². The molecule has 0 spiro atoms. The molecular formula is C28H32BrNO5. The summed E-state index contributed by atoms with van der Waals surface area (Å²) < 4.78 is 33.6. The molecule has 2 aromatic carbocycles. The normalized spacial score (nSPS) is 36.7. The maximum absolute atomic E-state index is 6.79. The number of fused-ring (bicyclic) bond motifs is 8. The Labute approximate surface area is 214 Å². The van der Waals surface area contributed by atoms with Crippen LogP contribution in [-0.4, -0.2) is 31.5 Å². The Balaban J connectivity index is 1.38. The highest BCUT2D eigenvalue weighted by Gasteiger charge is 2.55. The first-order chi connectivity index (χ1) is 16.8. The zero-order chi connectivity index (χ0) is 24.1. The number of nitrogens with zero attached hydrogens (tertiary/aromatic N) is 1. The molecule has 0 aliphatic carbocycles. The van der Waals surface area contributed by atoms with E-state index in [2.05, 4.69) is 72.8 Å². The first kappa shape index (κ1) is 22.3. The van der Waals surface area contributed by atoms with Gasteiger partial charge in [0.15, 0.2) is 6.73 Å².